The maximum absolute atomic E-state index is 10.5. The molecule has 2 unspecified atom stereocenters. The molecule has 8 heteroatoms. The molecule has 0 radical (unpaired) electrons. The quantitative estimate of drug-likeness (QED) is 0.514. The van der Waals surface area contributed by atoms with E-state index < -0.39 is 42.8 Å². The van der Waals surface area contributed by atoms with Crippen molar-refractivity contribution in [3.05, 3.63) is 0 Å². The molecule has 0 aliphatic carbocycles. The Labute approximate surface area is 116 Å². The van der Waals surface area contributed by atoms with E-state index in [1.165, 1.54) is 0 Å². The molecule has 0 aromatic carbocycles. The Balaban J connectivity index is 1.83. The Morgan fingerprint density at radius 2 is 2.20 bits per heavy atom. The summed E-state index contributed by atoms with van der Waals surface area (Å²) in [5, 5.41) is 30.9. The van der Waals surface area contributed by atoms with Gasteiger partial charge in [-0.15, -0.1) is 0 Å². The van der Waals surface area contributed by atoms with Gasteiger partial charge in [0.1, 0.15) is 24.2 Å². The molecule has 2 aliphatic rings. The average molecular weight is 288 g/mol. The van der Waals surface area contributed by atoms with Gasteiger partial charge in [-0.25, -0.2) is 4.99 Å². The van der Waals surface area contributed by atoms with Crippen LogP contribution in [0.2, 0.25) is 0 Å². The summed E-state index contributed by atoms with van der Waals surface area (Å²) in [6.45, 7) is 3.44. The van der Waals surface area contributed by atoms with Crippen LogP contribution in [0.15, 0.2) is 4.99 Å². The number of ether oxygens (including phenoxy) is 2. The number of carboxylic acids is 1. The normalized spacial score (nSPS) is 38.4. The van der Waals surface area contributed by atoms with Gasteiger partial charge in [0.15, 0.2) is 6.29 Å². The first-order valence-corrected chi connectivity index (χ1v) is 6.60. The second-order valence-corrected chi connectivity index (χ2v) is 5.13. The van der Waals surface area contributed by atoms with Gasteiger partial charge in [-0.3, -0.25) is 4.79 Å². The van der Waals surface area contributed by atoms with Gasteiger partial charge >= 0.3 is 5.97 Å². The Morgan fingerprint density at radius 1 is 1.55 bits per heavy atom. The summed E-state index contributed by atoms with van der Waals surface area (Å²) in [5.41, 5.74) is 0. The third-order valence-corrected chi connectivity index (χ3v) is 3.39. The molecule has 0 aromatic rings. The second kappa shape index (κ2) is 6.04. The zero-order valence-corrected chi connectivity index (χ0v) is 11.4. The van der Waals surface area contributed by atoms with Crippen LogP contribution in [0.4, 0.5) is 0 Å². The molecule has 0 amide bonds. The van der Waals surface area contributed by atoms with Crippen LogP contribution < -0.4 is 5.32 Å². The van der Waals surface area contributed by atoms with E-state index in [1.807, 2.05) is 0 Å². The maximum Gasteiger partial charge on any atom is 0.307 e. The molecule has 0 aromatic heterocycles. The van der Waals surface area contributed by atoms with Crippen molar-refractivity contribution >= 4 is 11.8 Å². The maximum atomic E-state index is 10.5. The average Bonchev–Trinajstić information content (AvgIpc) is 2.29. The molecule has 2 heterocycles. The lowest BCUT2D eigenvalue weighted by atomic mass is 10.0. The highest BCUT2D eigenvalue weighted by molar-refractivity contribution is 5.91. The van der Waals surface area contributed by atoms with Crippen molar-refractivity contribution in [3.8, 4) is 0 Å². The standard InChI is InChI=1S/C12H20N2O6/c1-5-7(15)3-8(16)12(19-5)20-6(2)11-13-9(14-11)4-10(17)18/h5-9,12,15-16H,3-4H2,1-2H3,(H,13,14)(H,17,18)/t5?,6-,7-,8+,12+/m1/s1. The Morgan fingerprint density at radius 3 is 2.80 bits per heavy atom. The molecule has 20 heavy (non-hydrogen) atoms. The first-order valence-electron chi connectivity index (χ1n) is 6.60. The van der Waals surface area contributed by atoms with Crippen LogP contribution in [0.5, 0.6) is 0 Å². The van der Waals surface area contributed by atoms with Gasteiger partial charge in [0.2, 0.25) is 0 Å². The molecule has 4 N–H and O–H groups in total. The van der Waals surface area contributed by atoms with Gasteiger partial charge in [-0.05, 0) is 13.8 Å². The molecule has 0 spiro atoms. The van der Waals surface area contributed by atoms with E-state index in [1.54, 1.807) is 13.8 Å². The molecular formula is C12H20N2O6. The zero-order valence-electron chi connectivity index (χ0n) is 11.4. The van der Waals surface area contributed by atoms with Crippen molar-refractivity contribution < 1.29 is 29.6 Å². The summed E-state index contributed by atoms with van der Waals surface area (Å²) in [4.78, 5) is 14.6. The van der Waals surface area contributed by atoms with E-state index in [0.29, 0.717) is 5.84 Å². The van der Waals surface area contributed by atoms with Crippen LogP contribution in [0.3, 0.4) is 0 Å². The molecule has 1 fully saturated rings. The van der Waals surface area contributed by atoms with Crippen LogP contribution in [0.25, 0.3) is 0 Å². The van der Waals surface area contributed by atoms with Crippen molar-refractivity contribution in [3.63, 3.8) is 0 Å². The number of carbonyl (C=O) groups is 1. The first kappa shape index (κ1) is 15.2. The highest BCUT2D eigenvalue weighted by atomic mass is 16.7. The lowest BCUT2D eigenvalue weighted by Crippen LogP contribution is -2.54. The number of aliphatic imine (C=N–C) groups is 1. The van der Waals surface area contributed by atoms with Crippen molar-refractivity contribution in [2.75, 3.05) is 0 Å². The molecule has 6 atom stereocenters. The minimum absolute atomic E-state index is 0.0813. The van der Waals surface area contributed by atoms with Crippen molar-refractivity contribution in [2.45, 2.75) is 63.6 Å². The number of rotatable bonds is 5. The number of hydrogen-bond acceptors (Lipinski definition) is 7. The number of nitrogens with zero attached hydrogens (tertiary/aromatic N) is 1. The lowest BCUT2D eigenvalue weighted by molar-refractivity contribution is -0.266. The molecular weight excluding hydrogens is 268 g/mol. The number of aliphatic carboxylic acids is 1. The number of hydrogen-bond donors (Lipinski definition) is 4. The summed E-state index contributed by atoms with van der Waals surface area (Å²) in [7, 11) is 0. The van der Waals surface area contributed by atoms with Gasteiger partial charge in [-0.2, -0.15) is 0 Å². The predicted octanol–water partition coefficient (Wildman–Crippen LogP) is -0.949. The monoisotopic (exact) mass is 288 g/mol. The summed E-state index contributed by atoms with van der Waals surface area (Å²) < 4.78 is 10.9. The molecule has 8 nitrogen and oxygen atoms in total. The van der Waals surface area contributed by atoms with Crippen LogP contribution in [0.1, 0.15) is 26.7 Å². The Hall–Kier alpha value is -1.22. The molecule has 0 saturated carbocycles. The third-order valence-electron chi connectivity index (χ3n) is 3.39. The minimum Gasteiger partial charge on any atom is -0.481 e. The number of nitrogens with one attached hydrogen (secondary N) is 1. The van der Waals surface area contributed by atoms with Gasteiger partial charge in [0.25, 0.3) is 0 Å². The largest absolute Gasteiger partial charge is 0.481 e. The molecule has 0 bridgehead atoms. The first-order chi connectivity index (χ1) is 9.36. The highest BCUT2D eigenvalue weighted by Crippen LogP contribution is 2.22. The number of aliphatic hydroxyl groups excluding tert-OH is 2. The lowest BCUT2D eigenvalue weighted by Gasteiger charge is -2.38. The van der Waals surface area contributed by atoms with Crippen molar-refractivity contribution in [2.24, 2.45) is 4.99 Å². The van der Waals surface area contributed by atoms with E-state index in [-0.39, 0.29) is 12.8 Å². The van der Waals surface area contributed by atoms with Crippen molar-refractivity contribution in [1.29, 1.82) is 0 Å². The summed E-state index contributed by atoms with van der Waals surface area (Å²) in [6, 6.07) is 0. The molecule has 2 aliphatic heterocycles. The minimum atomic E-state index is -0.923. The topological polar surface area (TPSA) is 121 Å². The number of aliphatic hydroxyl groups is 2. The van der Waals surface area contributed by atoms with Crippen LogP contribution in [-0.4, -0.2) is 64.0 Å². The van der Waals surface area contributed by atoms with Crippen LogP contribution >= 0.6 is 0 Å². The number of amidine groups is 1. The SMILES string of the molecule is CC1O[C@@H](O[C@H](C)C2=NC(CC(=O)O)N2)[C@@H](O)C[C@H]1O. The Bertz CT molecular complexity index is 401. The van der Waals surface area contributed by atoms with E-state index in [2.05, 4.69) is 10.3 Å². The zero-order chi connectivity index (χ0) is 14.9. The van der Waals surface area contributed by atoms with Crippen LogP contribution in [-0.2, 0) is 14.3 Å². The van der Waals surface area contributed by atoms with E-state index in [4.69, 9.17) is 14.6 Å². The van der Waals surface area contributed by atoms with E-state index in [0.717, 1.165) is 0 Å². The highest BCUT2D eigenvalue weighted by Gasteiger charge is 2.37. The summed E-state index contributed by atoms with van der Waals surface area (Å²) in [6.07, 6.45) is -3.60. The fourth-order valence-corrected chi connectivity index (χ4v) is 2.16. The number of carboxylic acid groups (broad SMARTS) is 1. The molecule has 114 valence electrons. The van der Waals surface area contributed by atoms with Crippen molar-refractivity contribution in [1.82, 2.24) is 5.32 Å². The fraction of sp³-hybridized carbons (Fsp3) is 0.833. The molecule has 1 saturated heterocycles. The second-order valence-electron chi connectivity index (χ2n) is 5.13. The van der Waals surface area contributed by atoms with E-state index in [9.17, 15) is 15.0 Å². The third kappa shape index (κ3) is 3.45. The van der Waals surface area contributed by atoms with Gasteiger partial charge < -0.3 is 30.1 Å². The van der Waals surface area contributed by atoms with Crippen LogP contribution in [0, 0.1) is 0 Å². The van der Waals surface area contributed by atoms with Gasteiger partial charge in [0, 0.05) is 6.42 Å². The fourth-order valence-electron chi connectivity index (χ4n) is 2.16. The smallest absolute Gasteiger partial charge is 0.307 e. The summed E-state index contributed by atoms with van der Waals surface area (Å²) in [5.74, 6) is -0.390. The van der Waals surface area contributed by atoms with Gasteiger partial charge in [0.05, 0.1) is 18.6 Å². The predicted molar refractivity (Wildman–Crippen MR) is 68.1 cm³/mol. The summed E-state index contributed by atoms with van der Waals surface area (Å²) >= 11 is 0. The molecule has 2 rings (SSSR count). The Kier molecular flexibility index (Phi) is 4.59. The van der Waals surface area contributed by atoms with E-state index >= 15 is 0 Å². The van der Waals surface area contributed by atoms with Gasteiger partial charge in [-0.1, -0.05) is 0 Å².